The van der Waals surface area contributed by atoms with Crippen LogP contribution in [0.4, 0.5) is 0 Å². The second-order valence-electron chi connectivity index (χ2n) is 4.95. The number of rotatable bonds is 7. The second kappa shape index (κ2) is 7.84. The molecule has 112 valence electrons. The Kier molecular flexibility index (Phi) is 5.81. The van der Waals surface area contributed by atoms with Crippen molar-refractivity contribution in [1.82, 2.24) is 15.1 Å². The van der Waals surface area contributed by atoms with Crippen molar-refractivity contribution in [3.05, 3.63) is 41.7 Å². The predicted octanol–water partition coefficient (Wildman–Crippen LogP) is 3.51. The summed E-state index contributed by atoms with van der Waals surface area (Å²) in [6, 6.07) is 7.68. The van der Waals surface area contributed by atoms with E-state index in [1.165, 1.54) is 0 Å². The number of hydrogen-bond acceptors (Lipinski definition) is 2. The van der Waals surface area contributed by atoms with Crippen LogP contribution in [0, 0.1) is 0 Å². The molecular formula is C16H20ClN3O. The van der Waals surface area contributed by atoms with Gasteiger partial charge in [0.1, 0.15) is 0 Å². The normalized spacial score (nSPS) is 10.6. The van der Waals surface area contributed by atoms with Gasteiger partial charge in [0, 0.05) is 36.3 Å². The average molecular weight is 306 g/mol. The first-order chi connectivity index (χ1) is 10.2. The highest BCUT2D eigenvalue weighted by molar-refractivity contribution is 6.30. The molecule has 0 aliphatic carbocycles. The molecule has 1 aromatic heterocycles. The van der Waals surface area contributed by atoms with Gasteiger partial charge in [0.15, 0.2) is 0 Å². The number of benzene rings is 1. The van der Waals surface area contributed by atoms with Gasteiger partial charge in [-0.25, -0.2) is 0 Å². The predicted molar refractivity (Wildman–Crippen MR) is 85.2 cm³/mol. The molecule has 0 saturated heterocycles. The van der Waals surface area contributed by atoms with Crippen LogP contribution < -0.4 is 5.32 Å². The van der Waals surface area contributed by atoms with Gasteiger partial charge in [-0.05, 0) is 30.5 Å². The lowest BCUT2D eigenvalue weighted by Crippen LogP contribution is -2.23. The topological polar surface area (TPSA) is 46.9 Å². The Balaban J connectivity index is 1.83. The zero-order chi connectivity index (χ0) is 15.1. The molecule has 0 saturated carbocycles. The zero-order valence-electron chi connectivity index (χ0n) is 12.2. The quantitative estimate of drug-likeness (QED) is 0.851. The van der Waals surface area contributed by atoms with Crippen molar-refractivity contribution in [2.24, 2.45) is 0 Å². The lowest BCUT2D eigenvalue weighted by Gasteiger charge is -2.03. The number of carbonyl (C=O) groups excluding carboxylic acids is 1. The maximum Gasteiger partial charge on any atom is 0.220 e. The van der Waals surface area contributed by atoms with Crippen LogP contribution in [-0.4, -0.2) is 22.2 Å². The van der Waals surface area contributed by atoms with E-state index in [0.717, 1.165) is 42.1 Å². The maximum absolute atomic E-state index is 11.5. The van der Waals surface area contributed by atoms with E-state index in [-0.39, 0.29) is 5.91 Å². The van der Waals surface area contributed by atoms with Crippen LogP contribution in [0.1, 0.15) is 26.2 Å². The molecule has 5 heteroatoms. The van der Waals surface area contributed by atoms with Crippen LogP contribution in [0.25, 0.3) is 11.1 Å². The van der Waals surface area contributed by atoms with Crippen molar-refractivity contribution in [3.8, 4) is 11.1 Å². The van der Waals surface area contributed by atoms with E-state index < -0.39 is 0 Å². The monoisotopic (exact) mass is 305 g/mol. The molecule has 2 rings (SSSR count). The van der Waals surface area contributed by atoms with Crippen molar-refractivity contribution in [1.29, 1.82) is 0 Å². The summed E-state index contributed by atoms with van der Waals surface area (Å²) in [5, 5.41) is 7.93. The van der Waals surface area contributed by atoms with Crippen molar-refractivity contribution in [3.63, 3.8) is 0 Å². The van der Waals surface area contributed by atoms with Gasteiger partial charge in [-0.2, -0.15) is 5.10 Å². The highest BCUT2D eigenvalue weighted by Gasteiger charge is 2.03. The number of nitrogens with zero attached hydrogens (tertiary/aromatic N) is 2. The van der Waals surface area contributed by atoms with Crippen molar-refractivity contribution >= 4 is 17.5 Å². The summed E-state index contributed by atoms with van der Waals surface area (Å²) < 4.78 is 1.87. The van der Waals surface area contributed by atoms with E-state index in [0.29, 0.717) is 6.42 Å². The van der Waals surface area contributed by atoms with Crippen LogP contribution >= 0.6 is 11.6 Å². The Hall–Kier alpha value is -1.81. The van der Waals surface area contributed by atoms with Gasteiger partial charge < -0.3 is 5.32 Å². The molecule has 4 nitrogen and oxygen atoms in total. The third-order valence-corrected chi connectivity index (χ3v) is 3.43. The minimum Gasteiger partial charge on any atom is -0.356 e. The van der Waals surface area contributed by atoms with E-state index in [2.05, 4.69) is 10.4 Å². The molecule has 1 N–H and O–H groups in total. The van der Waals surface area contributed by atoms with E-state index in [1.54, 1.807) is 0 Å². The smallest absolute Gasteiger partial charge is 0.220 e. The first-order valence-electron chi connectivity index (χ1n) is 7.24. The molecule has 0 unspecified atom stereocenters. The van der Waals surface area contributed by atoms with Crippen molar-refractivity contribution in [2.45, 2.75) is 32.7 Å². The SMILES string of the molecule is CCCNC(=O)CCCn1cc(-c2ccc(Cl)cc2)cn1. The Morgan fingerprint density at radius 3 is 2.76 bits per heavy atom. The van der Waals surface area contributed by atoms with E-state index >= 15 is 0 Å². The largest absolute Gasteiger partial charge is 0.356 e. The van der Waals surface area contributed by atoms with Crippen molar-refractivity contribution in [2.75, 3.05) is 6.54 Å². The molecule has 0 bridgehead atoms. The summed E-state index contributed by atoms with van der Waals surface area (Å²) >= 11 is 5.88. The molecule has 21 heavy (non-hydrogen) atoms. The number of nitrogens with one attached hydrogen (secondary N) is 1. The van der Waals surface area contributed by atoms with Gasteiger partial charge in [0.2, 0.25) is 5.91 Å². The van der Waals surface area contributed by atoms with Gasteiger partial charge in [-0.1, -0.05) is 30.7 Å². The molecule has 0 spiro atoms. The number of amides is 1. The summed E-state index contributed by atoms with van der Waals surface area (Å²) in [6.07, 6.45) is 6.12. The fraction of sp³-hybridized carbons (Fsp3) is 0.375. The highest BCUT2D eigenvalue weighted by Crippen LogP contribution is 2.20. The van der Waals surface area contributed by atoms with Gasteiger partial charge in [-0.15, -0.1) is 0 Å². The van der Waals surface area contributed by atoms with Crippen LogP contribution in [-0.2, 0) is 11.3 Å². The Morgan fingerprint density at radius 1 is 1.29 bits per heavy atom. The fourth-order valence-electron chi connectivity index (χ4n) is 2.03. The summed E-state index contributed by atoms with van der Waals surface area (Å²) in [5.74, 6) is 0.113. The van der Waals surface area contributed by atoms with E-state index in [4.69, 9.17) is 11.6 Å². The summed E-state index contributed by atoms with van der Waals surface area (Å²) in [5.41, 5.74) is 2.15. The Bertz CT molecular complexity index is 577. The maximum atomic E-state index is 11.5. The first kappa shape index (κ1) is 15.6. The lowest BCUT2D eigenvalue weighted by molar-refractivity contribution is -0.121. The number of hydrogen-bond donors (Lipinski definition) is 1. The zero-order valence-corrected chi connectivity index (χ0v) is 12.9. The summed E-state index contributed by atoms with van der Waals surface area (Å²) in [4.78, 5) is 11.5. The molecule has 0 fully saturated rings. The molecular weight excluding hydrogens is 286 g/mol. The molecule has 1 amide bonds. The minimum atomic E-state index is 0.113. The summed E-state index contributed by atoms with van der Waals surface area (Å²) in [6.45, 7) is 3.54. The fourth-order valence-corrected chi connectivity index (χ4v) is 2.16. The first-order valence-corrected chi connectivity index (χ1v) is 7.62. The molecule has 1 heterocycles. The van der Waals surface area contributed by atoms with Crippen molar-refractivity contribution < 1.29 is 4.79 Å². The number of halogens is 1. The van der Waals surface area contributed by atoms with E-state index in [9.17, 15) is 4.79 Å². The number of aromatic nitrogens is 2. The van der Waals surface area contributed by atoms with Crippen LogP contribution in [0.2, 0.25) is 5.02 Å². The number of carbonyl (C=O) groups is 1. The van der Waals surface area contributed by atoms with Crippen LogP contribution in [0.5, 0.6) is 0 Å². The van der Waals surface area contributed by atoms with E-state index in [1.807, 2.05) is 48.3 Å². The van der Waals surface area contributed by atoms with Crippen LogP contribution in [0.3, 0.4) is 0 Å². The third kappa shape index (κ3) is 4.90. The molecule has 0 aliphatic rings. The van der Waals surface area contributed by atoms with Gasteiger partial charge in [0.25, 0.3) is 0 Å². The highest BCUT2D eigenvalue weighted by atomic mass is 35.5. The molecule has 0 atom stereocenters. The van der Waals surface area contributed by atoms with Gasteiger partial charge in [0.05, 0.1) is 6.20 Å². The Morgan fingerprint density at radius 2 is 2.05 bits per heavy atom. The average Bonchev–Trinajstić information content (AvgIpc) is 2.95. The molecule has 0 aliphatic heterocycles. The van der Waals surface area contributed by atoms with Crippen LogP contribution in [0.15, 0.2) is 36.7 Å². The summed E-state index contributed by atoms with van der Waals surface area (Å²) in [7, 11) is 0. The molecule has 2 aromatic rings. The number of aryl methyl sites for hydroxylation is 1. The standard InChI is InChI=1S/C16H20ClN3O/c1-2-9-18-16(21)4-3-10-20-12-14(11-19-20)13-5-7-15(17)8-6-13/h5-8,11-12H,2-4,9-10H2,1H3,(H,18,21). The van der Waals surface area contributed by atoms with Gasteiger partial charge >= 0.3 is 0 Å². The van der Waals surface area contributed by atoms with Gasteiger partial charge in [-0.3, -0.25) is 9.48 Å². The molecule has 0 radical (unpaired) electrons. The Labute approximate surface area is 130 Å². The molecule has 1 aromatic carbocycles. The lowest BCUT2D eigenvalue weighted by atomic mass is 10.1. The third-order valence-electron chi connectivity index (χ3n) is 3.17. The minimum absolute atomic E-state index is 0.113. The second-order valence-corrected chi connectivity index (χ2v) is 5.39.